The maximum Gasteiger partial charge on any atom is 0.326 e. The summed E-state index contributed by atoms with van der Waals surface area (Å²) in [7, 11) is 0. The van der Waals surface area contributed by atoms with Crippen LogP contribution in [-0.2, 0) is 14.3 Å². The van der Waals surface area contributed by atoms with Gasteiger partial charge in [-0.2, -0.15) is 0 Å². The van der Waals surface area contributed by atoms with Gasteiger partial charge in [-0.15, -0.1) is 0 Å². The Morgan fingerprint density at radius 1 is 1.24 bits per heavy atom. The molecule has 6 nitrogen and oxygen atoms in total. The van der Waals surface area contributed by atoms with Gasteiger partial charge in [-0.3, -0.25) is 19.3 Å². The van der Waals surface area contributed by atoms with E-state index in [-0.39, 0.29) is 18.7 Å². The van der Waals surface area contributed by atoms with Gasteiger partial charge in [-0.1, -0.05) is 12.1 Å². The van der Waals surface area contributed by atoms with Crippen LogP contribution in [0.2, 0.25) is 0 Å². The van der Waals surface area contributed by atoms with Crippen molar-refractivity contribution in [2.24, 2.45) is 0 Å². The third-order valence-electron chi connectivity index (χ3n) is 5.08. The minimum atomic E-state index is -0.590. The maximum absolute atomic E-state index is 12.6. The number of allylic oxidation sites excluding steroid dienone is 1. The molecule has 7 heteroatoms. The normalized spacial score (nSPS) is 19.5. The number of hydrogen-bond acceptors (Lipinski definition) is 6. The number of likely N-dealkylation sites (N-methyl/N-ethyl adjacent to an activating group) is 1. The Balaban J connectivity index is 1.89. The number of esters is 1. The SMILES string of the molecule is CCOC(=O)CN1C(=O)S/C(=C\c2ccc3c(c2)C(C)=CC(C)(C)N3CC)C1=O. The first-order valence-electron chi connectivity index (χ1n) is 9.70. The molecule has 0 atom stereocenters. The topological polar surface area (TPSA) is 66.9 Å². The summed E-state index contributed by atoms with van der Waals surface area (Å²) in [6, 6.07) is 6.06. The molecule has 0 N–H and O–H groups in total. The number of anilines is 1. The molecule has 0 aliphatic carbocycles. The zero-order valence-corrected chi connectivity index (χ0v) is 18.3. The number of fused-ring (bicyclic) bond motifs is 1. The highest BCUT2D eigenvalue weighted by molar-refractivity contribution is 8.18. The first-order valence-corrected chi connectivity index (χ1v) is 10.5. The van der Waals surface area contributed by atoms with Gasteiger partial charge < -0.3 is 9.64 Å². The zero-order valence-electron chi connectivity index (χ0n) is 17.4. The largest absolute Gasteiger partial charge is 0.465 e. The molecule has 2 aliphatic heterocycles. The van der Waals surface area contributed by atoms with Crippen LogP contribution in [0.15, 0.2) is 29.2 Å². The van der Waals surface area contributed by atoms with Crippen LogP contribution in [0.5, 0.6) is 0 Å². The summed E-state index contributed by atoms with van der Waals surface area (Å²) in [5.74, 6) is -1.05. The second-order valence-corrected chi connectivity index (χ2v) is 8.57. The van der Waals surface area contributed by atoms with Crippen LogP contribution < -0.4 is 4.90 Å². The molecule has 2 aliphatic rings. The van der Waals surface area contributed by atoms with Gasteiger partial charge in [0.25, 0.3) is 11.1 Å². The van der Waals surface area contributed by atoms with Crippen molar-refractivity contribution in [3.05, 3.63) is 40.3 Å². The van der Waals surface area contributed by atoms with Gasteiger partial charge in [0.15, 0.2) is 0 Å². The molecule has 0 saturated carbocycles. The number of amides is 2. The average Bonchev–Trinajstić information content (AvgIpc) is 2.89. The summed E-state index contributed by atoms with van der Waals surface area (Å²) in [4.78, 5) is 40.0. The summed E-state index contributed by atoms with van der Waals surface area (Å²) < 4.78 is 4.84. The van der Waals surface area contributed by atoms with Crippen molar-refractivity contribution in [1.29, 1.82) is 0 Å². The Morgan fingerprint density at radius 3 is 2.62 bits per heavy atom. The molecule has 3 rings (SSSR count). The lowest BCUT2D eigenvalue weighted by Gasteiger charge is -2.42. The summed E-state index contributed by atoms with van der Waals surface area (Å²) in [5, 5.41) is -0.456. The van der Waals surface area contributed by atoms with E-state index < -0.39 is 17.1 Å². The minimum absolute atomic E-state index is 0.0664. The molecule has 1 saturated heterocycles. The van der Waals surface area contributed by atoms with E-state index >= 15 is 0 Å². The summed E-state index contributed by atoms with van der Waals surface area (Å²) >= 11 is 0.845. The van der Waals surface area contributed by atoms with Crippen molar-refractivity contribution < 1.29 is 19.1 Å². The van der Waals surface area contributed by atoms with Crippen molar-refractivity contribution in [2.45, 2.75) is 40.2 Å². The van der Waals surface area contributed by atoms with E-state index in [1.165, 1.54) is 5.57 Å². The van der Waals surface area contributed by atoms with Crippen LogP contribution in [0.25, 0.3) is 11.6 Å². The van der Waals surface area contributed by atoms with Gasteiger partial charge in [0.05, 0.1) is 17.1 Å². The molecule has 0 unspecified atom stereocenters. The van der Waals surface area contributed by atoms with Crippen LogP contribution in [-0.4, -0.2) is 47.3 Å². The highest BCUT2D eigenvalue weighted by Crippen LogP contribution is 2.40. The second-order valence-electron chi connectivity index (χ2n) is 7.57. The van der Waals surface area contributed by atoms with Crippen molar-refractivity contribution in [2.75, 3.05) is 24.6 Å². The standard InChI is InChI=1S/C22H26N2O4S/c1-6-24-17-9-8-15(10-16(17)14(3)12-22(24,4)5)11-18-20(26)23(21(27)29-18)13-19(25)28-7-2/h8-12H,6-7,13H2,1-5H3/b18-11-. The van der Waals surface area contributed by atoms with Gasteiger partial charge in [0.2, 0.25) is 0 Å². The molecular formula is C22H26N2O4S. The fourth-order valence-corrected chi connectivity index (χ4v) is 4.73. The van der Waals surface area contributed by atoms with Gasteiger partial charge >= 0.3 is 5.97 Å². The predicted molar refractivity (Wildman–Crippen MR) is 117 cm³/mol. The lowest BCUT2D eigenvalue weighted by atomic mass is 9.88. The van der Waals surface area contributed by atoms with Crippen molar-refractivity contribution >= 4 is 46.2 Å². The number of benzene rings is 1. The van der Waals surface area contributed by atoms with E-state index in [4.69, 9.17) is 4.74 Å². The number of thioether (sulfide) groups is 1. The average molecular weight is 415 g/mol. The number of imide groups is 1. The Labute approximate surface area is 175 Å². The first kappa shape index (κ1) is 21.2. The third kappa shape index (κ3) is 4.10. The quantitative estimate of drug-likeness (QED) is 0.528. The lowest BCUT2D eigenvalue weighted by molar-refractivity contribution is -0.145. The van der Waals surface area contributed by atoms with Crippen molar-refractivity contribution in [3.63, 3.8) is 0 Å². The lowest BCUT2D eigenvalue weighted by Crippen LogP contribution is -2.44. The molecule has 1 aromatic rings. The van der Waals surface area contributed by atoms with E-state index in [9.17, 15) is 14.4 Å². The molecule has 0 bridgehead atoms. The van der Waals surface area contributed by atoms with E-state index in [1.807, 2.05) is 12.1 Å². The van der Waals surface area contributed by atoms with Crippen LogP contribution >= 0.6 is 11.8 Å². The number of rotatable bonds is 5. The molecule has 0 radical (unpaired) electrons. The van der Waals surface area contributed by atoms with Crippen molar-refractivity contribution in [3.8, 4) is 0 Å². The molecule has 154 valence electrons. The van der Waals surface area contributed by atoms with Crippen LogP contribution in [0.3, 0.4) is 0 Å². The number of carbonyl (C=O) groups excluding carboxylic acids is 3. The Kier molecular flexibility index (Phi) is 5.89. The van der Waals surface area contributed by atoms with Crippen molar-refractivity contribution in [1.82, 2.24) is 4.90 Å². The fourth-order valence-electron chi connectivity index (χ4n) is 3.89. The zero-order chi connectivity index (χ0) is 21.3. The van der Waals surface area contributed by atoms with Crippen LogP contribution in [0, 0.1) is 0 Å². The smallest absolute Gasteiger partial charge is 0.326 e. The van der Waals surface area contributed by atoms with E-state index in [0.29, 0.717) is 4.91 Å². The highest BCUT2D eigenvalue weighted by atomic mass is 32.2. The summed E-state index contributed by atoms with van der Waals surface area (Å²) in [6.45, 7) is 11.0. The minimum Gasteiger partial charge on any atom is -0.465 e. The maximum atomic E-state index is 12.6. The summed E-state index contributed by atoms with van der Waals surface area (Å²) in [5.41, 5.74) is 4.23. The van der Waals surface area contributed by atoms with Gasteiger partial charge in [0.1, 0.15) is 6.54 Å². The molecule has 1 aromatic carbocycles. The first-order chi connectivity index (χ1) is 13.7. The molecule has 2 heterocycles. The Morgan fingerprint density at radius 2 is 1.97 bits per heavy atom. The summed E-state index contributed by atoms with van der Waals surface area (Å²) in [6.07, 6.45) is 3.95. The van der Waals surface area contributed by atoms with E-state index in [0.717, 1.165) is 40.0 Å². The van der Waals surface area contributed by atoms with Gasteiger partial charge in [-0.25, -0.2) is 0 Å². The number of hydrogen-bond donors (Lipinski definition) is 0. The van der Waals surface area contributed by atoms with Gasteiger partial charge in [-0.05, 0) is 75.7 Å². The molecule has 0 spiro atoms. The number of nitrogens with zero attached hydrogens (tertiary/aromatic N) is 2. The Hall–Kier alpha value is -2.54. The van der Waals surface area contributed by atoms with E-state index in [2.05, 4.69) is 44.7 Å². The van der Waals surface area contributed by atoms with Crippen LogP contribution in [0.1, 0.15) is 45.7 Å². The predicted octanol–water partition coefficient (Wildman–Crippen LogP) is 4.31. The van der Waals surface area contributed by atoms with Crippen LogP contribution in [0.4, 0.5) is 10.5 Å². The third-order valence-corrected chi connectivity index (χ3v) is 5.99. The molecular weight excluding hydrogens is 388 g/mol. The van der Waals surface area contributed by atoms with E-state index in [1.54, 1.807) is 13.0 Å². The Bertz CT molecular complexity index is 933. The molecule has 0 aromatic heterocycles. The second kappa shape index (κ2) is 8.06. The molecule has 29 heavy (non-hydrogen) atoms. The monoisotopic (exact) mass is 414 g/mol. The highest BCUT2D eigenvalue weighted by Gasteiger charge is 2.37. The molecule has 1 fully saturated rings. The van der Waals surface area contributed by atoms with Gasteiger partial charge in [0, 0.05) is 17.8 Å². The molecule has 2 amide bonds. The number of ether oxygens (including phenoxy) is 1. The number of carbonyl (C=O) groups is 3. The fraction of sp³-hybridized carbons (Fsp3) is 0.409.